The molecule has 1 aromatic rings. The van der Waals surface area contributed by atoms with Crippen LogP contribution in [0.25, 0.3) is 0 Å². The maximum absolute atomic E-state index is 9.22. The Hall–Kier alpha value is -1.13. The van der Waals surface area contributed by atoms with E-state index in [1.54, 1.807) is 0 Å². The normalized spacial score (nSPS) is 17.3. The Morgan fingerprint density at radius 3 is 2.52 bits per heavy atom. The van der Waals surface area contributed by atoms with Crippen molar-refractivity contribution in [2.75, 3.05) is 24.6 Å². The fourth-order valence-electron chi connectivity index (χ4n) is 2.75. The summed E-state index contributed by atoms with van der Waals surface area (Å²) in [6.45, 7) is 11.8. The maximum atomic E-state index is 9.22. The molecule has 1 aliphatic rings. The lowest BCUT2D eigenvalue weighted by Crippen LogP contribution is -2.36. The molecule has 0 aliphatic carbocycles. The molecule has 21 heavy (non-hydrogen) atoms. The van der Waals surface area contributed by atoms with Gasteiger partial charge in [0.1, 0.15) is 5.82 Å². The van der Waals surface area contributed by atoms with Gasteiger partial charge in [-0.1, -0.05) is 0 Å². The van der Waals surface area contributed by atoms with Crippen molar-refractivity contribution in [3.8, 4) is 0 Å². The number of pyridine rings is 1. The summed E-state index contributed by atoms with van der Waals surface area (Å²) in [5.41, 5.74) is 2.60. The minimum Gasteiger partial charge on any atom is -0.396 e. The van der Waals surface area contributed by atoms with E-state index in [1.807, 2.05) is 6.20 Å². The van der Waals surface area contributed by atoms with E-state index in [4.69, 9.17) is 0 Å². The summed E-state index contributed by atoms with van der Waals surface area (Å²) in [6.07, 6.45) is 4.11. The zero-order valence-electron chi connectivity index (χ0n) is 13.8. The van der Waals surface area contributed by atoms with Gasteiger partial charge in [0.2, 0.25) is 0 Å². The second-order valence-corrected chi connectivity index (χ2v) is 7.20. The molecule has 1 fully saturated rings. The Balaban J connectivity index is 1.99. The standard InChI is InChI=1S/C17H29N3O/c1-13-9-15(11-19-17(2,3)4)10-18-16(13)20-7-5-14(12-21)6-8-20/h9-10,14,19,21H,5-8,11-12H2,1-4H3. The van der Waals surface area contributed by atoms with Gasteiger partial charge in [0.15, 0.2) is 0 Å². The number of aryl methyl sites for hydroxylation is 1. The molecular formula is C17H29N3O. The van der Waals surface area contributed by atoms with E-state index in [1.165, 1.54) is 11.1 Å². The Bertz CT molecular complexity index is 460. The lowest BCUT2D eigenvalue weighted by atomic mass is 9.97. The van der Waals surface area contributed by atoms with Crippen LogP contribution in [0.5, 0.6) is 0 Å². The summed E-state index contributed by atoms with van der Waals surface area (Å²) in [7, 11) is 0. The molecule has 0 atom stereocenters. The molecule has 1 saturated heterocycles. The average molecular weight is 291 g/mol. The first-order chi connectivity index (χ1) is 9.89. The molecule has 0 unspecified atom stereocenters. The highest BCUT2D eigenvalue weighted by molar-refractivity contribution is 5.47. The van der Waals surface area contributed by atoms with Gasteiger partial charge < -0.3 is 15.3 Å². The van der Waals surface area contributed by atoms with Crippen LogP contribution < -0.4 is 10.2 Å². The van der Waals surface area contributed by atoms with Gasteiger partial charge >= 0.3 is 0 Å². The third kappa shape index (κ3) is 4.68. The number of aliphatic hydroxyl groups excluding tert-OH is 1. The van der Waals surface area contributed by atoms with Crippen LogP contribution in [0.3, 0.4) is 0 Å². The highest BCUT2D eigenvalue weighted by atomic mass is 16.3. The predicted molar refractivity (Wildman–Crippen MR) is 87.6 cm³/mol. The van der Waals surface area contributed by atoms with Crippen molar-refractivity contribution in [3.05, 3.63) is 23.4 Å². The topological polar surface area (TPSA) is 48.4 Å². The number of rotatable bonds is 4. The lowest BCUT2D eigenvalue weighted by molar-refractivity contribution is 0.202. The van der Waals surface area contributed by atoms with Crippen LogP contribution in [-0.4, -0.2) is 35.3 Å². The Morgan fingerprint density at radius 1 is 1.33 bits per heavy atom. The first-order valence-corrected chi connectivity index (χ1v) is 7.95. The van der Waals surface area contributed by atoms with Crippen molar-refractivity contribution >= 4 is 5.82 Å². The third-order valence-corrected chi connectivity index (χ3v) is 4.10. The molecule has 0 radical (unpaired) electrons. The van der Waals surface area contributed by atoms with E-state index in [-0.39, 0.29) is 5.54 Å². The smallest absolute Gasteiger partial charge is 0.131 e. The number of hydrogen-bond donors (Lipinski definition) is 2. The summed E-state index contributed by atoms with van der Waals surface area (Å²) in [6, 6.07) is 2.24. The predicted octanol–water partition coefficient (Wildman–Crippen LogP) is 2.49. The van der Waals surface area contributed by atoms with E-state index in [9.17, 15) is 5.11 Å². The molecule has 118 valence electrons. The first-order valence-electron chi connectivity index (χ1n) is 7.95. The van der Waals surface area contributed by atoms with Crippen molar-refractivity contribution in [2.45, 2.75) is 52.6 Å². The third-order valence-electron chi connectivity index (χ3n) is 4.10. The van der Waals surface area contributed by atoms with Crippen LogP contribution in [0.4, 0.5) is 5.82 Å². The molecule has 0 spiro atoms. The number of aromatic nitrogens is 1. The highest BCUT2D eigenvalue weighted by Gasteiger charge is 2.20. The molecule has 0 saturated carbocycles. The van der Waals surface area contributed by atoms with E-state index < -0.39 is 0 Å². The maximum Gasteiger partial charge on any atom is 0.131 e. The van der Waals surface area contributed by atoms with Gasteiger partial charge in [-0.05, 0) is 63.6 Å². The summed E-state index contributed by atoms with van der Waals surface area (Å²) >= 11 is 0. The molecule has 2 N–H and O–H groups in total. The molecule has 1 aromatic heterocycles. The zero-order valence-corrected chi connectivity index (χ0v) is 13.8. The molecule has 0 amide bonds. The summed E-state index contributed by atoms with van der Waals surface area (Å²) in [5, 5.41) is 12.7. The minimum absolute atomic E-state index is 0.124. The Morgan fingerprint density at radius 2 is 2.00 bits per heavy atom. The number of anilines is 1. The van der Waals surface area contributed by atoms with Crippen LogP contribution in [0.15, 0.2) is 12.3 Å². The fourth-order valence-corrected chi connectivity index (χ4v) is 2.75. The van der Waals surface area contributed by atoms with Crippen molar-refractivity contribution in [2.24, 2.45) is 5.92 Å². The van der Waals surface area contributed by atoms with Gasteiger partial charge in [0, 0.05) is 38.0 Å². The van der Waals surface area contributed by atoms with E-state index in [2.05, 4.69) is 49.0 Å². The van der Waals surface area contributed by atoms with Crippen molar-refractivity contribution < 1.29 is 5.11 Å². The number of piperidine rings is 1. The van der Waals surface area contributed by atoms with Gasteiger partial charge in [0.25, 0.3) is 0 Å². The van der Waals surface area contributed by atoms with Gasteiger partial charge in [-0.2, -0.15) is 0 Å². The summed E-state index contributed by atoms with van der Waals surface area (Å²) in [4.78, 5) is 7.03. The van der Waals surface area contributed by atoms with Crippen molar-refractivity contribution in [1.82, 2.24) is 10.3 Å². The molecule has 2 heterocycles. The first kappa shape index (κ1) is 16.2. The van der Waals surface area contributed by atoms with E-state index in [0.717, 1.165) is 38.3 Å². The monoisotopic (exact) mass is 291 g/mol. The van der Waals surface area contributed by atoms with Gasteiger partial charge in [-0.25, -0.2) is 4.98 Å². The second kappa shape index (κ2) is 6.75. The van der Waals surface area contributed by atoms with Gasteiger partial charge in [-0.3, -0.25) is 0 Å². The number of hydrogen-bond acceptors (Lipinski definition) is 4. The molecule has 1 aliphatic heterocycles. The zero-order chi connectivity index (χ0) is 15.5. The highest BCUT2D eigenvalue weighted by Crippen LogP contribution is 2.24. The molecule has 4 nitrogen and oxygen atoms in total. The minimum atomic E-state index is 0.124. The quantitative estimate of drug-likeness (QED) is 0.895. The lowest BCUT2D eigenvalue weighted by Gasteiger charge is -2.33. The van der Waals surface area contributed by atoms with Crippen LogP contribution in [-0.2, 0) is 6.54 Å². The second-order valence-electron chi connectivity index (χ2n) is 7.20. The van der Waals surface area contributed by atoms with Gasteiger partial charge in [-0.15, -0.1) is 0 Å². The summed E-state index contributed by atoms with van der Waals surface area (Å²) < 4.78 is 0. The number of nitrogens with zero attached hydrogens (tertiary/aromatic N) is 2. The molecule has 0 aromatic carbocycles. The SMILES string of the molecule is Cc1cc(CNC(C)(C)C)cnc1N1CCC(CO)CC1. The summed E-state index contributed by atoms with van der Waals surface area (Å²) in [5.74, 6) is 1.57. The molecule has 2 rings (SSSR count). The largest absolute Gasteiger partial charge is 0.396 e. The van der Waals surface area contributed by atoms with Gasteiger partial charge in [0.05, 0.1) is 0 Å². The number of aliphatic hydroxyl groups is 1. The van der Waals surface area contributed by atoms with Crippen molar-refractivity contribution in [1.29, 1.82) is 0 Å². The molecule has 4 heteroatoms. The Labute approximate surface area is 128 Å². The fraction of sp³-hybridized carbons (Fsp3) is 0.706. The molecule has 0 bridgehead atoms. The average Bonchev–Trinajstić information content (AvgIpc) is 2.45. The van der Waals surface area contributed by atoms with Crippen LogP contribution in [0.1, 0.15) is 44.7 Å². The van der Waals surface area contributed by atoms with Crippen LogP contribution in [0, 0.1) is 12.8 Å². The van der Waals surface area contributed by atoms with E-state index >= 15 is 0 Å². The van der Waals surface area contributed by atoms with Crippen LogP contribution >= 0.6 is 0 Å². The van der Waals surface area contributed by atoms with E-state index in [0.29, 0.717) is 12.5 Å². The van der Waals surface area contributed by atoms with Crippen molar-refractivity contribution in [3.63, 3.8) is 0 Å². The molecular weight excluding hydrogens is 262 g/mol. The van der Waals surface area contributed by atoms with Crippen LogP contribution in [0.2, 0.25) is 0 Å². The Kier molecular flexibility index (Phi) is 5.22. The number of nitrogens with one attached hydrogen (secondary N) is 1.